The monoisotopic (exact) mass is 376 g/mol. The summed E-state index contributed by atoms with van der Waals surface area (Å²) < 4.78 is 54.0. The molecule has 0 aromatic heterocycles. The van der Waals surface area contributed by atoms with Crippen LogP contribution in [0.1, 0.15) is 5.56 Å². The van der Waals surface area contributed by atoms with Gasteiger partial charge in [-0.1, -0.05) is 0 Å². The Morgan fingerprint density at radius 3 is 2.48 bits per heavy atom. The van der Waals surface area contributed by atoms with Gasteiger partial charge in [-0.25, -0.2) is 17.2 Å². The van der Waals surface area contributed by atoms with Gasteiger partial charge in [0, 0.05) is 5.69 Å². The first-order chi connectivity index (χ1) is 9.70. The minimum Gasteiger partial charge on any atom is -0.399 e. The Labute approximate surface area is 129 Å². The molecular weight excluding hydrogens is 366 g/mol. The molecule has 0 amide bonds. The maximum Gasteiger partial charge on any atom is 0.264 e. The van der Waals surface area contributed by atoms with E-state index in [1.807, 2.05) is 0 Å². The largest absolute Gasteiger partial charge is 0.399 e. The highest BCUT2D eigenvalue weighted by Gasteiger charge is 2.21. The van der Waals surface area contributed by atoms with Crippen LogP contribution in [0, 0.1) is 18.6 Å². The molecule has 0 unspecified atom stereocenters. The molecule has 0 bridgehead atoms. The van der Waals surface area contributed by atoms with Crippen LogP contribution in [0.2, 0.25) is 0 Å². The van der Waals surface area contributed by atoms with Gasteiger partial charge in [0.05, 0.1) is 10.2 Å². The number of aryl methyl sites for hydroxylation is 1. The molecule has 0 aliphatic carbocycles. The van der Waals surface area contributed by atoms with E-state index in [-0.39, 0.29) is 21.4 Å². The summed E-state index contributed by atoms with van der Waals surface area (Å²) in [6.45, 7) is 1.41. The molecule has 0 radical (unpaired) electrons. The number of anilines is 2. The van der Waals surface area contributed by atoms with Crippen molar-refractivity contribution in [2.24, 2.45) is 0 Å². The predicted octanol–water partition coefficient (Wildman–Crippen LogP) is 3.42. The lowest BCUT2D eigenvalue weighted by Gasteiger charge is -2.11. The minimum atomic E-state index is -4.21. The van der Waals surface area contributed by atoms with E-state index in [2.05, 4.69) is 20.7 Å². The van der Waals surface area contributed by atoms with Gasteiger partial charge < -0.3 is 5.73 Å². The summed E-state index contributed by atoms with van der Waals surface area (Å²) in [6.07, 6.45) is 0. The molecule has 0 heterocycles. The minimum absolute atomic E-state index is 0.0184. The van der Waals surface area contributed by atoms with Gasteiger partial charge in [-0.15, -0.1) is 0 Å². The quantitative estimate of drug-likeness (QED) is 0.806. The molecule has 0 atom stereocenters. The number of sulfonamides is 1. The lowest BCUT2D eigenvalue weighted by atomic mass is 10.2. The Balaban J connectivity index is 2.45. The van der Waals surface area contributed by atoms with Crippen molar-refractivity contribution in [2.45, 2.75) is 11.8 Å². The fourth-order valence-corrected chi connectivity index (χ4v) is 3.21. The second-order valence-corrected chi connectivity index (χ2v) is 6.89. The fraction of sp³-hybridized carbons (Fsp3) is 0.0769. The molecule has 2 aromatic carbocycles. The molecule has 0 saturated heterocycles. The molecule has 0 saturated carbocycles. The van der Waals surface area contributed by atoms with Crippen molar-refractivity contribution in [1.29, 1.82) is 0 Å². The number of nitrogens with one attached hydrogen (secondary N) is 1. The number of rotatable bonds is 3. The van der Waals surface area contributed by atoms with Crippen LogP contribution in [0.5, 0.6) is 0 Å². The molecule has 0 aliphatic rings. The Morgan fingerprint density at radius 1 is 1.19 bits per heavy atom. The van der Waals surface area contributed by atoms with Crippen LogP contribution >= 0.6 is 15.9 Å². The first-order valence-electron chi connectivity index (χ1n) is 5.74. The van der Waals surface area contributed by atoms with Gasteiger partial charge in [0.25, 0.3) is 10.0 Å². The molecule has 4 nitrogen and oxygen atoms in total. The van der Waals surface area contributed by atoms with E-state index >= 15 is 0 Å². The summed E-state index contributed by atoms with van der Waals surface area (Å²) in [6, 6.07) is 6.02. The predicted molar refractivity (Wildman–Crippen MR) is 80.5 cm³/mol. The van der Waals surface area contributed by atoms with Crippen molar-refractivity contribution < 1.29 is 17.2 Å². The van der Waals surface area contributed by atoms with Gasteiger partial charge in [-0.3, -0.25) is 4.72 Å². The van der Waals surface area contributed by atoms with Crippen LogP contribution in [-0.2, 0) is 10.0 Å². The first-order valence-corrected chi connectivity index (χ1v) is 8.02. The number of halogens is 3. The summed E-state index contributed by atoms with van der Waals surface area (Å²) in [5.41, 5.74) is 5.75. The average molecular weight is 377 g/mol. The normalized spacial score (nSPS) is 11.4. The van der Waals surface area contributed by atoms with E-state index < -0.39 is 26.6 Å². The topological polar surface area (TPSA) is 72.2 Å². The SMILES string of the molecule is Cc1cc(N)cc(S(=O)(=O)Nc2ccc(Br)c(F)c2)c1F. The third kappa shape index (κ3) is 3.33. The van der Waals surface area contributed by atoms with Crippen LogP contribution in [0.25, 0.3) is 0 Å². The van der Waals surface area contributed by atoms with E-state index in [9.17, 15) is 17.2 Å². The van der Waals surface area contributed by atoms with Gasteiger partial charge in [-0.05, 0) is 58.7 Å². The number of nitrogen functional groups attached to an aromatic ring is 1. The van der Waals surface area contributed by atoms with Crippen molar-refractivity contribution in [2.75, 3.05) is 10.5 Å². The highest BCUT2D eigenvalue weighted by Crippen LogP contribution is 2.25. The third-order valence-corrected chi connectivity index (χ3v) is 4.73. The van der Waals surface area contributed by atoms with E-state index in [1.54, 1.807) is 0 Å². The summed E-state index contributed by atoms with van der Waals surface area (Å²) in [4.78, 5) is -0.580. The number of hydrogen-bond donors (Lipinski definition) is 2. The zero-order valence-corrected chi connectivity index (χ0v) is 13.2. The molecule has 0 fully saturated rings. The van der Waals surface area contributed by atoms with Crippen LogP contribution in [0.4, 0.5) is 20.2 Å². The number of benzene rings is 2. The summed E-state index contributed by atoms with van der Waals surface area (Å²) in [5, 5.41) is 0. The first kappa shape index (κ1) is 15.7. The summed E-state index contributed by atoms with van der Waals surface area (Å²) >= 11 is 2.96. The van der Waals surface area contributed by atoms with Gasteiger partial charge in [0.2, 0.25) is 0 Å². The Hall–Kier alpha value is -1.67. The van der Waals surface area contributed by atoms with Gasteiger partial charge in [-0.2, -0.15) is 0 Å². The van der Waals surface area contributed by atoms with Gasteiger partial charge >= 0.3 is 0 Å². The van der Waals surface area contributed by atoms with Crippen molar-refractivity contribution in [1.82, 2.24) is 0 Å². The average Bonchev–Trinajstić information content (AvgIpc) is 2.37. The smallest absolute Gasteiger partial charge is 0.264 e. The summed E-state index contributed by atoms with van der Waals surface area (Å²) in [7, 11) is -4.21. The molecular formula is C13H11BrF2N2O2S. The Morgan fingerprint density at radius 2 is 1.86 bits per heavy atom. The maximum absolute atomic E-state index is 14.0. The molecule has 3 N–H and O–H groups in total. The van der Waals surface area contributed by atoms with E-state index in [0.717, 1.165) is 12.1 Å². The second-order valence-electron chi connectivity index (χ2n) is 4.38. The maximum atomic E-state index is 14.0. The van der Waals surface area contributed by atoms with Crippen molar-refractivity contribution in [3.05, 3.63) is 52.0 Å². The highest BCUT2D eigenvalue weighted by atomic mass is 79.9. The molecule has 2 rings (SSSR count). The number of hydrogen-bond acceptors (Lipinski definition) is 3. The Kier molecular flexibility index (Phi) is 4.20. The molecule has 0 spiro atoms. The van der Waals surface area contributed by atoms with Crippen molar-refractivity contribution >= 4 is 37.3 Å². The Bertz CT molecular complexity index is 810. The summed E-state index contributed by atoms with van der Waals surface area (Å²) in [5.74, 6) is -1.53. The van der Waals surface area contributed by atoms with E-state index in [0.29, 0.717) is 0 Å². The molecule has 2 aromatic rings. The van der Waals surface area contributed by atoms with Crippen LogP contribution in [0.15, 0.2) is 39.7 Å². The second kappa shape index (κ2) is 5.61. The van der Waals surface area contributed by atoms with E-state index in [1.165, 1.54) is 25.1 Å². The fourth-order valence-electron chi connectivity index (χ4n) is 1.73. The zero-order valence-electron chi connectivity index (χ0n) is 10.8. The van der Waals surface area contributed by atoms with E-state index in [4.69, 9.17) is 5.73 Å². The van der Waals surface area contributed by atoms with Crippen LogP contribution < -0.4 is 10.5 Å². The van der Waals surface area contributed by atoms with Gasteiger partial charge in [0.1, 0.15) is 16.5 Å². The number of nitrogens with two attached hydrogens (primary N) is 1. The lowest BCUT2D eigenvalue weighted by Crippen LogP contribution is -2.15. The van der Waals surface area contributed by atoms with Crippen LogP contribution in [-0.4, -0.2) is 8.42 Å². The highest BCUT2D eigenvalue weighted by molar-refractivity contribution is 9.10. The van der Waals surface area contributed by atoms with Crippen LogP contribution in [0.3, 0.4) is 0 Å². The lowest BCUT2D eigenvalue weighted by molar-refractivity contribution is 0.565. The standard InChI is InChI=1S/C13H11BrF2N2O2S/c1-7-4-8(17)5-12(13(7)16)21(19,20)18-9-2-3-10(14)11(15)6-9/h2-6,18H,17H2,1H3. The molecule has 21 heavy (non-hydrogen) atoms. The molecule has 0 aliphatic heterocycles. The zero-order chi connectivity index (χ0) is 15.8. The van der Waals surface area contributed by atoms with Crippen molar-refractivity contribution in [3.8, 4) is 0 Å². The third-order valence-electron chi connectivity index (χ3n) is 2.70. The molecule has 112 valence electrons. The molecule has 8 heteroatoms. The van der Waals surface area contributed by atoms with Gasteiger partial charge in [0.15, 0.2) is 0 Å². The van der Waals surface area contributed by atoms with Crippen molar-refractivity contribution in [3.63, 3.8) is 0 Å².